The van der Waals surface area contributed by atoms with Crippen LogP contribution in [0.2, 0.25) is 0 Å². The summed E-state index contributed by atoms with van der Waals surface area (Å²) in [6.45, 7) is 3.29. The molecule has 0 amide bonds. The van der Waals surface area contributed by atoms with Crippen LogP contribution >= 0.6 is 15.9 Å². The molecule has 0 saturated carbocycles. The van der Waals surface area contributed by atoms with Crippen molar-refractivity contribution in [2.75, 3.05) is 26.9 Å². The number of aromatic nitrogens is 2. The first-order chi connectivity index (χ1) is 10.2. The van der Waals surface area contributed by atoms with E-state index in [1.807, 2.05) is 18.2 Å². The zero-order chi connectivity index (χ0) is 15.2. The number of carbonyl (C=O) groups is 1. The molecule has 2 rings (SSSR count). The highest BCUT2D eigenvalue weighted by molar-refractivity contribution is 9.10. The summed E-state index contributed by atoms with van der Waals surface area (Å²) in [5.74, 6) is -0.430. The van der Waals surface area contributed by atoms with Crippen LogP contribution in [0.3, 0.4) is 0 Å². The van der Waals surface area contributed by atoms with Crippen molar-refractivity contribution in [1.82, 2.24) is 9.78 Å². The fourth-order valence-corrected chi connectivity index (χ4v) is 2.24. The molecule has 0 unspecified atom stereocenters. The summed E-state index contributed by atoms with van der Waals surface area (Å²) in [6.07, 6.45) is 0. The fourth-order valence-electron chi connectivity index (χ4n) is 1.89. The van der Waals surface area contributed by atoms with Crippen LogP contribution < -0.4 is 0 Å². The number of esters is 1. The second-order valence-electron chi connectivity index (χ2n) is 4.26. The van der Waals surface area contributed by atoms with Gasteiger partial charge in [-0.1, -0.05) is 15.9 Å². The van der Waals surface area contributed by atoms with Crippen molar-refractivity contribution >= 4 is 32.8 Å². The Bertz CT molecular complexity index is 627. The van der Waals surface area contributed by atoms with Crippen molar-refractivity contribution in [2.45, 2.75) is 13.7 Å². The molecule has 0 atom stereocenters. The van der Waals surface area contributed by atoms with Crippen LogP contribution in [-0.2, 0) is 20.9 Å². The third kappa shape index (κ3) is 3.81. The average molecular weight is 357 g/mol. The summed E-state index contributed by atoms with van der Waals surface area (Å²) in [7, 11) is 1.61. The van der Waals surface area contributed by atoms with E-state index in [-0.39, 0.29) is 6.73 Å². The number of benzene rings is 1. The first-order valence-corrected chi connectivity index (χ1v) is 7.36. The molecule has 1 heterocycles. The van der Waals surface area contributed by atoms with Gasteiger partial charge < -0.3 is 14.2 Å². The predicted molar refractivity (Wildman–Crippen MR) is 81.2 cm³/mol. The van der Waals surface area contributed by atoms with Gasteiger partial charge >= 0.3 is 5.97 Å². The Hall–Kier alpha value is -1.44. The minimum atomic E-state index is -0.430. The van der Waals surface area contributed by atoms with Gasteiger partial charge in [0, 0.05) is 17.0 Å². The van der Waals surface area contributed by atoms with Crippen LogP contribution in [-0.4, -0.2) is 42.7 Å². The minimum Gasteiger partial charge on any atom is -0.461 e. The zero-order valence-electron chi connectivity index (χ0n) is 12.0. The summed E-state index contributed by atoms with van der Waals surface area (Å²) in [4.78, 5) is 12.0. The fraction of sp³-hybridized carbons (Fsp3) is 0.429. The average Bonchev–Trinajstić information content (AvgIpc) is 2.82. The number of nitrogens with zero attached hydrogens (tertiary/aromatic N) is 2. The lowest BCUT2D eigenvalue weighted by Crippen LogP contribution is -2.10. The van der Waals surface area contributed by atoms with Crippen LogP contribution in [0.5, 0.6) is 0 Å². The van der Waals surface area contributed by atoms with Gasteiger partial charge in [0.2, 0.25) is 0 Å². The molecule has 1 aromatic heterocycles. The molecular formula is C14H17BrN2O4. The maximum atomic E-state index is 12.0. The van der Waals surface area contributed by atoms with Crippen LogP contribution in [0, 0.1) is 0 Å². The Morgan fingerprint density at radius 1 is 1.38 bits per heavy atom. The van der Waals surface area contributed by atoms with Gasteiger partial charge in [-0.05, 0) is 25.1 Å². The number of ether oxygens (including phenoxy) is 3. The van der Waals surface area contributed by atoms with Crippen molar-refractivity contribution < 1.29 is 19.0 Å². The molecule has 7 heteroatoms. The number of hydrogen-bond donors (Lipinski definition) is 0. The first-order valence-electron chi connectivity index (χ1n) is 6.57. The lowest BCUT2D eigenvalue weighted by molar-refractivity contribution is 0.0300. The molecule has 0 radical (unpaired) electrons. The monoisotopic (exact) mass is 356 g/mol. The van der Waals surface area contributed by atoms with E-state index >= 15 is 0 Å². The molecule has 0 aliphatic rings. The molecule has 2 aromatic rings. The summed E-state index contributed by atoms with van der Waals surface area (Å²) in [5.41, 5.74) is 1.11. The molecule has 0 saturated heterocycles. The number of hydrogen-bond acceptors (Lipinski definition) is 5. The van der Waals surface area contributed by atoms with Gasteiger partial charge in [0.15, 0.2) is 5.69 Å². The van der Waals surface area contributed by atoms with Crippen LogP contribution in [0.4, 0.5) is 0 Å². The maximum Gasteiger partial charge on any atom is 0.359 e. The topological polar surface area (TPSA) is 62.6 Å². The van der Waals surface area contributed by atoms with Gasteiger partial charge in [0.05, 0.1) is 25.3 Å². The number of fused-ring (bicyclic) bond motifs is 1. The molecule has 6 nitrogen and oxygen atoms in total. The van der Waals surface area contributed by atoms with Crippen LogP contribution in [0.1, 0.15) is 17.4 Å². The van der Waals surface area contributed by atoms with Gasteiger partial charge in [0.1, 0.15) is 6.73 Å². The normalized spacial score (nSPS) is 11.0. The van der Waals surface area contributed by atoms with Crippen molar-refractivity contribution in [1.29, 1.82) is 0 Å². The Morgan fingerprint density at radius 3 is 2.90 bits per heavy atom. The predicted octanol–water partition coefficient (Wildman–Crippen LogP) is 2.60. The lowest BCUT2D eigenvalue weighted by atomic mass is 10.2. The number of rotatable bonds is 7. The molecule has 0 aliphatic heterocycles. The van der Waals surface area contributed by atoms with Crippen LogP contribution in [0.15, 0.2) is 22.7 Å². The van der Waals surface area contributed by atoms with E-state index < -0.39 is 5.97 Å². The maximum absolute atomic E-state index is 12.0. The molecule has 21 heavy (non-hydrogen) atoms. The Balaban J connectivity index is 2.31. The quantitative estimate of drug-likeness (QED) is 0.563. The van der Waals surface area contributed by atoms with E-state index in [4.69, 9.17) is 14.2 Å². The van der Waals surface area contributed by atoms with Crippen molar-refractivity contribution in [3.8, 4) is 0 Å². The second-order valence-corrected chi connectivity index (χ2v) is 5.18. The summed E-state index contributed by atoms with van der Waals surface area (Å²) < 4.78 is 18.0. The van der Waals surface area contributed by atoms with E-state index in [9.17, 15) is 4.79 Å². The molecule has 0 aliphatic carbocycles. The number of carbonyl (C=O) groups excluding carboxylic acids is 1. The van der Waals surface area contributed by atoms with Gasteiger partial charge in [-0.15, -0.1) is 0 Å². The highest BCUT2D eigenvalue weighted by Crippen LogP contribution is 2.23. The number of halogens is 1. The molecule has 114 valence electrons. The Labute approximate surface area is 131 Å². The smallest absolute Gasteiger partial charge is 0.359 e. The molecule has 1 aromatic carbocycles. The van der Waals surface area contributed by atoms with E-state index in [1.165, 1.54) is 0 Å². The highest BCUT2D eigenvalue weighted by atomic mass is 79.9. The van der Waals surface area contributed by atoms with Gasteiger partial charge in [-0.25, -0.2) is 9.48 Å². The first kappa shape index (κ1) is 15.9. The van der Waals surface area contributed by atoms with Crippen LogP contribution in [0.25, 0.3) is 10.9 Å². The van der Waals surface area contributed by atoms with E-state index in [2.05, 4.69) is 21.0 Å². The lowest BCUT2D eigenvalue weighted by Gasteiger charge is -2.05. The minimum absolute atomic E-state index is 0.246. The van der Waals surface area contributed by atoms with Crippen molar-refractivity contribution in [3.05, 3.63) is 28.4 Å². The Kier molecular flexibility index (Phi) is 5.72. The molecule has 0 fully saturated rings. The zero-order valence-corrected chi connectivity index (χ0v) is 13.6. The molecule has 0 N–H and O–H groups in total. The molecular weight excluding hydrogens is 340 g/mol. The highest BCUT2D eigenvalue weighted by Gasteiger charge is 2.18. The summed E-state index contributed by atoms with van der Waals surface area (Å²) >= 11 is 3.42. The number of methoxy groups -OCH3 is 1. The van der Waals surface area contributed by atoms with Gasteiger partial charge in [-0.2, -0.15) is 5.10 Å². The van der Waals surface area contributed by atoms with E-state index in [1.54, 1.807) is 18.7 Å². The molecule has 0 spiro atoms. The standard InChI is InChI=1S/C14H17BrN2O4/c1-3-21-14(18)13-11-5-4-10(15)8-12(11)17(16-13)9-20-7-6-19-2/h4-5,8H,3,6-7,9H2,1-2H3. The SMILES string of the molecule is CCOC(=O)c1nn(COCCOC)c2cc(Br)ccc12. The van der Waals surface area contributed by atoms with Crippen molar-refractivity contribution in [3.63, 3.8) is 0 Å². The summed E-state index contributed by atoms with van der Waals surface area (Å²) in [5, 5.41) is 5.04. The summed E-state index contributed by atoms with van der Waals surface area (Å²) in [6, 6.07) is 5.60. The third-order valence-corrected chi connectivity index (χ3v) is 3.32. The van der Waals surface area contributed by atoms with Crippen molar-refractivity contribution in [2.24, 2.45) is 0 Å². The van der Waals surface area contributed by atoms with E-state index in [0.29, 0.717) is 25.5 Å². The largest absolute Gasteiger partial charge is 0.461 e. The second kappa shape index (κ2) is 7.53. The van der Waals surface area contributed by atoms with Gasteiger partial charge in [0.25, 0.3) is 0 Å². The third-order valence-electron chi connectivity index (χ3n) is 2.83. The Morgan fingerprint density at radius 2 is 2.19 bits per heavy atom. The van der Waals surface area contributed by atoms with Gasteiger partial charge in [-0.3, -0.25) is 0 Å². The molecule has 0 bridgehead atoms. The van der Waals surface area contributed by atoms with E-state index in [0.717, 1.165) is 15.4 Å².